The molecule has 1 fully saturated rings. The van der Waals surface area contributed by atoms with E-state index in [-0.39, 0.29) is 23.1 Å². The molecule has 1 aromatic rings. The number of carbonyl (C=O) groups excluding carboxylic acids is 3. The van der Waals surface area contributed by atoms with E-state index in [1.165, 1.54) is 24.0 Å². The molecule has 0 unspecified atom stereocenters. The van der Waals surface area contributed by atoms with Crippen LogP contribution in [0.2, 0.25) is 0 Å². The molecular formula is C15H18FN3O3. The predicted octanol–water partition coefficient (Wildman–Crippen LogP) is 1.13. The summed E-state index contributed by atoms with van der Waals surface area (Å²) in [6.07, 6.45) is 0. The van der Waals surface area contributed by atoms with Crippen molar-refractivity contribution >= 4 is 23.4 Å². The summed E-state index contributed by atoms with van der Waals surface area (Å²) in [5.74, 6) is -1.67. The van der Waals surface area contributed by atoms with Crippen molar-refractivity contribution in [2.75, 3.05) is 18.4 Å². The molecule has 1 heterocycles. The first-order valence-corrected chi connectivity index (χ1v) is 6.91. The third-order valence-electron chi connectivity index (χ3n) is 3.62. The van der Waals surface area contributed by atoms with E-state index < -0.39 is 17.3 Å². The maximum atomic E-state index is 13.6. The summed E-state index contributed by atoms with van der Waals surface area (Å²) in [6, 6.07) is 3.74. The highest BCUT2D eigenvalue weighted by Gasteiger charge is 2.40. The van der Waals surface area contributed by atoms with E-state index in [9.17, 15) is 18.8 Å². The minimum atomic E-state index is -0.988. The minimum Gasteiger partial charge on any atom is -0.352 e. The quantitative estimate of drug-likeness (QED) is 0.860. The monoisotopic (exact) mass is 307 g/mol. The Morgan fingerprint density at radius 1 is 1.36 bits per heavy atom. The third kappa shape index (κ3) is 2.93. The summed E-state index contributed by atoms with van der Waals surface area (Å²) in [5.41, 5.74) is -0.830. The summed E-state index contributed by atoms with van der Waals surface area (Å²) in [7, 11) is 0. The zero-order chi connectivity index (χ0) is 16.5. The molecule has 1 aliphatic rings. The number of hydrogen-bond acceptors (Lipinski definition) is 3. The second-order valence-electron chi connectivity index (χ2n) is 5.65. The van der Waals surface area contributed by atoms with E-state index >= 15 is 0 Å². The van der Waals surface area contributed by atoms with Crippen molar-refractivity contribution in [1.82, 2.24) is 10.2 Å². The zero-order valence-corrected chi connectivity index (χ0v) is 12.7. The Balaban J connectivity index is 2.33. The predicted molar refractivity (Wildman–Crippen MR) is 78.8 cm³/mol. The number of amides is 3. The van der Waals surface area contributed by atoms with Crippen LogP contribution in [0.3, 0.4) is 0 Å². The van der Waals surface area contributed by atoms with Crippen LogP contribution in [-0.4, -0.2) is 41.2 Å². The lowest BCUT2D eigenvalue weighted by Gasteiger charge is -2.41. The average Bonchev–Trinajstić information content (AvgIpc) is 2.43. The third-order valence-corrected chi connectivity index (χ3v) is 3.62. The molecule has 118 valence electrons. The Labute approximate surface area is 127 Å². The fourth-order valence-corrected chi connectivity index (χ4v) is 2.35. The Morgan fingerprint density at radius 2 is 2.05 bits per heavy atom. The Kier molecular flexibility index (Phi) is 4.16. The van der Waals surface area contributed by atoms with Crippen LogP contribution < -0.4 is 10.6 Å². The van der Waals surface area contributed by atoms with Crippen LogP contribution in [0.15, 0.2) is 18.2 Å². The van der Waals surface area contributed by atoms with E-state index in [4.69, 9.17) is 0 Å². The van der Waals surface area contributed by atoms with Crippen LogP contribution in [0.4, 0.5) is 10.1 Å². The van der Waals surface area contributed by atoms with Gasteiger partial charge in [-0.15, -0.1) is 0 Å². The van der Waals surface area contributed by atoms with Crippen molar-refractivity contribution in [3.8, 4) is 0 Å². The Hall–Kier alpha value is -2.44. The van der Waals surface area contributed by atoms with Gasteiger partial charge in [-0.05, 0) is 32.0 Å². The zero-order valence-electron chi connectivity index (χ0n) is 12.7. The van der Waals surface area contributed by atoms with Gasteiger partial charge in [0.25, 0.3) is 5.91 Å². The van der Waals surface area contributed by atoms with E-state index in [1.807, 2.05) is 0 Å². The number of piperazine rings is 1. The molecular weight excluding hydrogens is 289 g/mol. The average molecular weight is 307 g/mol. The van der Waals surface area contributed by atoms with Gasteiger partial charge in [-0.3, -0.25) is 14.4 Å². The molecule has 0 aliphatic carbocycles. The number of benzene rings is 1. The van der Waals surface area contributed by atoms with Crippen molar-refractivity contribution in [2.45, 2.75) is 26.3 Å². The molecule has 22 heavy (non-hydrogen) atoms. The first-order valence-electron chi connectivity index (χ1n) is 6.91. The summed E-state index contributed by atoms with van der Waals surface area (Å²) < 4.78 is 13.6. The van der Waals surface area contributed by atoms with E-state index in [1.54, 1.807) is 13.8 Å². The molecule has 1 saturated heterocycles. The molecule has 6 nitrogen and oxygen atoms in total. The van der Waals surface area contributed by atoms with Crippen LogP contribution in [0.25, 0.3) is 0 Å². The summed E-state index contributed by atoms with van der Waals surface area (Å²) >= 11 is 0. The lowest BCUT2D eigenvalue weighted by atomic mass is 9.97. The molecule has 0 aromatic heterocycles. The number of nitrogens with zero attached hydrogens (tertiary/aromatic N) is 1. The summed E-state index contributed by atoms with van der Waals surface area (Å²) in [5, 5.41) is 5.04. The van der Waals surface area contributed by atoms with Crippen LogP contribution in [0.5, 0.6) is 0 Å². The molecule has 0 bridgehead atoms. The van der Waals surface area contributed by atoms with Gasteiger partial charge in [0, 0.05) is 25.6 Å². The SMILES string of the molecule is CC(=O)Nc1cc(C(=O)N2CCNC(=O)C2(C)C)ccc1F. The van der Waals surface area contributed by atoms with E-state index in [0.29, 0.717) is 13.1 Å². The summed E-state index contributed by atoms with van der Waals surface area (Å²) in [4.78, 5) is 37.0. The topological polar surface area (TPSA) is 78.5 Å². The Morgan fingerprint density at radius 3 is 2.68 bits per heavy atom. The number of anilines is 1. The number of rotatable bonds is 2. The number of halogens is 1. The minimum absolute atomic E-state index is 0.0578. The molecule has 0 spiro atoms. The van der Waals surface area contributed by atoms with Crippen molar-refractivity contribution in [3.63, 3.8) is 0 Å². The van der Waals surface area contributed by atoms with Crippen LogP contribution in [-0.2, 0) is 9.59 Å². The van der Waals surface area contributed by atoms with Crippen molar-refractivity contribution < 1.29 is 18.8 Å². The normalized spacial score (nSPS) is 16.9. The van der Waals surface area contributed by atoms with Gasteiger partial charge >= 0.3 is 0 Å². The van der Waals surface area contributed by atoms with Crippen molar-refractivity contribution in [3.05, 3.63) is 29.6 Å². The lowest BCUT2D eigenvalue weighted by Crippen LogP contribution is -2.63. The second-order valence-corrected chi connectivity index (χ2v) is 5.65. The molecule has 0 saturated carbocycles. The van der Waals surface area contributed by atoms with Gasteiger partial charge in [-0.2, -0.15) is 0 Å². The number of nitrogens with one attached hydrogen (secondary N) is 2. The highest BCUT2D eigenvalue weighted by atomic mass is 19.1. The number of carbonyl (C=O) groups is 3. The van der Waals surface area contributed by atoms with Gasteiger partial charge in [-0.25, -0.2) is 4.39 Å². The van der Waals surface area contributed by atoms with E-state index in [0.717, 1.165) is 6.07 Å². The number of hydrogen-bond donors (Lipinski definition) is 2. The molecule has 7 heteroatoms. The molecule has 1 aliphatic heterocycles. The smallest absolute Gasteiger partial charge is 0.254 e. The van der Waals surface area contributed by atoms with Gasteiger partial charge in [0.15, 0.2) is 0 Å². The first-order chi connectivity index (χ1) is 10.2. The van der Waals surface area contributed by atoms with Crippen LogP contribution in [0.1, 0.15) is 31.1 Å². The summed E-state index contributed by atoms with van der Waals surface area (Å²) in [6.45, 7) is 5.29. The standard InChI is InChI=1S/C15H18FN3O3/c1-9(20)18-12-8-10(4-5-11(12)16)13(21)19-7-6-17-14(22)15(19,2)3/h4-5,8H,6-7H2,1-3H3,(H,17,22)(H,18,20). The Bertz CT molecular complexity index is 643. The molecule has 2 N–H and O–H groups in total. The van der Waals surface area contributed by atoms with Gasteiger partial charge in [-0.1, -0.05) is 0 Å². The molecule has 0 atom stereocenters. The second kappa shape index (κ2) is 5.75. The van der Waals surface area contributed by atoms with Crippen LogP contribution in [0, 0.1) is 5.82 Å². The fraction of sp³-hybridized carbons (Fsp3) is 0.400. The van der Waals surface area contributed by atoms with Gasteiger partial charge in [0.05, 0.1) is 5.69 Å². The molecule has 3 amide bonds. The molecule has 1 aromatic carbocycles. The lowest BCUT2D eigenvalue weighted by molar-refractivity contribution is -0.133. The van der Waals surface area contributed by atoms with Gasteiger partial charge in [0.1, 0.15) is 11.4 Å². The fourth-order valence-electron chi connectivity index (χ4n) is 2.35. The van der Waals surface area contributed by atoms with Gasteiger partial charge in [0.2, 0.25) is 11.8 Å². The highest BCUT2D eigenvalue weighted by molar-refractivity contribution is 6.01. The maximum Gasteiger partial charge on any atom is 0.254 e. The largest absolute Gasteiger partial charge is 0.352 e. The van der Waals surface area contributed by atoms with Gasteiger partial charge < -0.3 is 15.5 Å². The first kappa shape index (κ1) is 15.9. The molecule has 2 rings (SSSR count). The van der Waals surface area contributed by atoms with E-state index in [2.05, 4.69) is 10.6 Å². The van der Waals surface area contributed by atoms with Crippen LogP contribution >= 0.6 is 0 Å². The molecule has 0 radical (unpaired) electrons. The maximum absolute atomic E-state index is 13.6. The van der Waals surface area contributed by atoms with Crippen molar-refractivity contribution in [2.24, 2.45) is 0 Å². The van der Waals surface area contributed by atoms with Crippen molar-refractivity contribution in [1.29, 1.82) is 0 Å². The highest BCUT2D eigenvalue weighted by Crippen LogP contribution is 2.23.